The van der Waals surface area contributed by atoms with Gasteiger partial charge in [-0.25, -0.2) is 4.98 Å². The molecule has 0 aromatic carbocycles. The molecule has 0 aliphatic heterocycles. The molecule has 0 aliphatic carbocycles. The second-order valence-electron chi connectivity index (χ2n) is 5.62. The molecule has 0 aliphatic rings. The molecular weight excluding hydrogens is 340 g/mol. The van der Waals surface area contributed by atoms with Crippen molar-refractivity contribution in [1.82, 2.24) is 4.98 Å². The van der Waals surface area contributed by atoms with Crippen molar-refractivity contribution in [2.24, 2.45) is 22.2 Å². The average molecular weight is 364 g/mol. The van der Waals surface area contributed by atoms with Gasteiger partial charge in [0.15, 0.2) is 17.5 Å². The first-order chi connectivity index (χ1) is 12.3. The summed E-state index contributed by atoms with van der Waals surface area (Å²) < 4.78 is 0. The van der Waals surface area contributed by atoms with E-state index < -0.39 is 11.8 Å². The van der Waals surface area contributed by atoms with Gasteiger partial charge in [-0.15, -0.1) is 0 Å². The number of Topliss-reactive ketones (excluding diaryl/α,β-unsaturated/α-hetero) is 2. The Morgan fingerprint density at radius 1 is 1.12 bits per heavy atom. The number of hydrogen-bond donors (Lipinski definition) is 5. The molecule has 0 fully saturated rings. The number of aliphatic carboxylic acids is 1. The van der Waals surface area contributed by atoms with Crippen LogP contribution in [0.1, 0.15) is 52.0 Å². The van der Waals surface area contributed by atoms with Crippen LogP contribution < -0.4 is 22.9 Å². The number of ketones is 2. The third-order valence-electron chi connectivity index (χ3n) is 3.67. The summed E-state index contributed by atoms with van der Waals surface area (Å²) in [6.45, 7) is 0.0718. The Balaban J connectivity index is 3.03. The number of guanidine groups is 1. The van der Waals surface area contributed by atoms with Crippen LogP contribution in [0.3, 0.4) is 0 Å². The Morgan fingerprint density at radius 2 is 1.81 bits per heavy atom. The molecule has 1 aromatic rings. The maximum absolute atomic E-state index is 12.5. The molecule has 0 radical (unpaired) electrons. The molecule has 0 bridgehead atoms. The molecule has 0 saturated heterocycles. The highest BCUT2D eigenvalue weighted by molar-refractivity contribution is 6.10. The molecule has 1 aromatic heterocycles. The number of carboxylic acid groups (broad SMARTS) is 1. The monoisotopic (exact) mass is 364 g/mol. The van der Waals surface area contributed by atoms with Crippen molar-refractivity contribution in [3.63, 3.8) is 0 Å². The topological polar surface area (TPSA) is 201 Å². The van der Waals surface area contributed by atoms with E-state index in [-0.39, 0.29) is 60.1 Å². The zero-order chi connectivity index (χ0) is 19.7. The number of carboxylic acids is 1. The second-order valence-corrected chi connectivity index (χ2v) is 5.62. The van der Waals surface area contributed by atoms with Gasteiger partial charge in [-0.3, -0.25) is 19.4 Å². The number of aromatic nitrogens is 1. The number of hydrogen-bond acceptors (Lipinski definition) is 7. The van der Waals surface area contributed by atoms with Crippen molar-refractivity contribution >= 4 is 29.3 Å². The molecule has 1 heterocycles. The zero-order valence-electron chi connectivity index (χ0n) is 14.4. The van der Waals surface area contributed by atoms with Gasteiger partial charge in [0.25, 0.3) is 0 Å². The summed E-state index contributed by atoms with van der Waals surface area (Å²) in [5.74, 6) is -1.82. The lowest BCUT2D eigenvalue weighted by molar-refractivity contribution is -0.136. The average Bonchev–Trinajstić information content (AvgIpc) is 2.58. The van der Waals surface area contributed by atoms with Gasteiger partial charge in [0.2, 0.25) is 0 Å². The van der Waals surface area contributed by atoms with Crippen LogP contribution in [0.4, 0.5) is 5.82 Å². The van der Waals surface area contributed by atoms with E-state index in [9.17, 15) is 14.4 Å². The smallest absolute Gasteiger partial charge is 0.303 e. The van der Waals surface area contributed by atoms with Crippen LogP contribution in [-0.4, -0.2) is 46.7 Å². The molecule has 9 N–H and O–H groups in total. The Hall–Kier alpha value is -3.01. The van der Waals surface area contributed by atoms with E-state index >= 15 is 0 Å². The van der Waals surface area contributed by atoms with Crippen molar-refractivity contribution in [3.8, 4) is 0 Å². The van der Waals surface area contributed by atoms with E-state index in [1.54, 1.807) is 0 Å². The van der Waals surface area contributed by atoms with Gasteiger partial charge >= 0.3 is 5.97 Å². The van der Waals surface area contributed by atoms with Crippen molar-refractivity contribution in [2.45, 2.75) is 32.1 Å². The minimum atomic E-state index is -1.05. The molecule has 0 atom stereocenters. The number of nitrogens with zero attached hydrogens (tertiary/aromatic N) is 2. The van der Waals surface area contributed by atoms with Gasteiger partial charge in [-0.1, -0.05) is 0 Å². The van der Waals surface area contributed by atoms with E-state index in [4.69, 9.17) is 28.0 Å². The summed E-state index contributed by atoms with van der Waals surface area (Å²) in [5.41, 5.74) is 22.1. The maximum Gasteiger partial charge on any atom is 0.303 e. The number of nitrogen functional groups attached to an aromatic ring is 1. The van der Waals surface area contributed by atoms with Gasteiger partial charge in [-0.2, -0.15) is 0 Å². The summed E-state index contributed by atoms with van der Waals surface area (Å²) >= 11 is 0. The van der Waals surface area contributed by atoms with Gasteiger partial charge in [-0.05, 0) is 19.3 Å². The SMILES string of the molecule is NCC(=O)c1c(C(=O)CCCCN=C(N)N)cnc(N)c1CCC(=O)O. The summed E-state index contributed by atoms with van der Waals surface area (Å²) in [6, 6.07) is 0. The number of nitrogens with two attached hydrogens (primary N) is 4. The molecular formula is C16H24N6O4. The van der Waals surface area contributed by atoms with Crippen LogP contribution >= 0.6 is 0 Å². The highest BCUT2D eigenvalue weighted by atomic mass is 16.4. The molecule has 10 nitrogen and oxygen atoms in total. The normalized spacial score (nSPS) is 10.3. The molecule has 10 heteroatoms. The minimum Gasteiger partial charge on any atom is -0.481 e. The van der Waals surface area contributed by atoms with Gasteiger partial charge in [0.05, 0.1) is 6.54 Å². The maximum atomic E-state index is 12.5. The predicted octanol–water partition coefficient (Wildman–Crippen LogP) is -0.551. The number of carbonyl (C=O) groups is 3. The fourth-order valence-corrected chi connectivity index (χ4v) is 2.42. The third-order valence-corrected chi connectivity index (χ3v) is 3.67. The van der Waals surface area contributed by atoms with Gasteiger partial charge in [0, 0.05) is 42.3 Å². The Bertz CT molecular complexity index is 713. The number of anilines is 1. The van der Waals surface area contributed by atoms with E-state index in [1.165, 1.54) is 6.20 Å². The van der Waals surface area contributed by atoms with Crippen molar-refractivity contribution < 1.29 is 19.5 Å². The van der Waals surface area contributed by atoms with Gasteiger partial charge < -0.3 is 28.0 Å². The Kier molecular flexibility index (Phi) is 8.16. The van der Waals surface area contributed by atoms with Crippen molar-refractivity contribution in [3.05, 3.63) is 22.9 Å². The van der Waals surface area contributed by atoms with E-state index in [2.05, 4.69) is 9.98 Å². The van der Waals surface area contributed by atoms with Crippen LogP contribution in [0.15, 0.2) is 11.2 Å². The first-order valence-corrected chi connectivity index (χ1v) is 8.08. The van der Waals surface area contributed by atoms with Crippen LogP contribution in [0.25, 0.3) is 0 Å². The molecule has 26 heavy (non-hydrogen) atoms. The van der Waals surface area contributed by atoms with E-state index in [0.717, 1.165) is 0 Å². The quantitative estimate of drug-likeness (QED) is 0.148. The third kappa shape index (κ3) is 6.13. The van der Waals surface area contributed by atoms with E-state index in [1.807, 2.05) is 0 Å². The summed E-state index contributed by atoms with van der Waals surface area (Å²) in [7, 11) is 0. The number of carbonyl (C=O) groups excluding carboxylic acids is 2. The molecule has 0 saturated carbocycles. The second kappa shape index (κ2) is 10.1. The van der Waals surface area contributed by atoms with Gasteiger partial charge in [0.1, 0.15) is 5.82 Å². The standard InChI is InChI=1S/C16H24N6O4/c17-7-12(24)14-9(4-5-13(25)26)15(18)22-8-10(14)11(23)3-1-2-6-21-16(19)20/h8H,1-7,17H2,(H2,18,22)(H,25,26)(H4,19,20,21). The number of aliphatic imine (C=N–C) groups is 1. The zero-order valence-corrected chi connectivity index (χ0v) is 14.4. The van der Waals surface area contributed by atoms with Crippen molar-refractivity contribution in [2.75, 3.05) is 18.8 Å². The summed E-state index contributed by atoms with van der Waals surface area (Å²) in [5, 5.41) is 8.87. The predicted molar refractivity (Wildman–Crippen MR) is 96.8 cm³/mol. The van der Waals surface area contributed by atoms with Crippen LogP contribution in [0.2, 0.25) is 0 Å². The highest BCUT2D eigenvalue weighted by Gasteiger charge is 2.23. The lowest BCUT2D eigenvalue weighted by atomic mass is 9.92. The first-order valence-electron chi connectivity index (χ1n) is 8.08. The largest absolute Gasteiger partial charge is 0.481 e. The number of pyridine rings is 1. The summed E-state index contributed by atoms with van der Waals surface area (Å²) in [4.78, 5) is 43.4. The lowest BCUT2D eigenvalue weighted by Gasteiger charge is -2.14. The molecule has 1 rings (SSSR count). The summed E-state index contributed by atoms with van der Waals surface area (Å²) in [6.07, 6.45) is 2.25. The first kappa shape index (κ1) is 21.0. The number of unbranched alkanes of at least 4 members (excludes halogenated alkanes) is 1. The molecule has 0 spiro atoms. The Labute approximate surface area is 150 Å². The fourth-order valence-electron chi connectivity index (χ4n) is 2.42. The van der Waals surface area contributed by atoms with Crippen LogP contribution in [0, 0.1) is 0 Å². The van der Waals surface area contributed by atoms with Crippen molar-refractivity contribution in [1.29, 1.82) is 0 Å². The minimum absolute atomic E-state index is 0.0130. The van der Waals surface area contributed by atoms with Crippen LogP contribution in [0.5, 0.6) is 0 Å². The lowest BCUT2D eigenvalue weighted by Crippen LogP contribution is -2.23. The highest BCUT2D eigenvalue weighted by Crippen LogP contribution is 2.23. The molecule has 0 amide bonds. The Morgan fingerprint density at radius 3 is 2.38 bits per heavy atom. The van der Waals surface area contributed by atoms with Crippen LogP contribution in [-0.2, 0) is 11.2 Å². The fraction of sp³-hybridized carbons (Fsp3) is 0.438. The van der Waals surface area contributed by atoms with E-state index in [0.29, 0.717) is 19.4 Å². The molecule has 0 unspecified atom stereocenters. The number of rotatable bonds is 11. The molecule has 142 valence electrons.